The molecule has 2 fully saturated rings. The van der Waals surface area contributed by atoms with Crippen molar-refractivity contribution < 1.29 is 9.53 Å². The van der Waals surface area contributed by atoms with Gasteiger partial charge in [-0.15, -0.1) is 0 Å². The SMILES string of the molecule is O=C(C1CCCO1)N1CCN(c2nc3ccccc3s2)CC1. The third-order valence-corrected chi connectivity index (χ3v) is 5.45. The molecule has 5 nitrogen and oxygen atoms in total. The number of fused-ring (bicyclic) bond motifs is 1. The summed E-state index contributed by atoms with van der Waals surface area (Å²) < 4.78 is 6.72. The van der Waals surface area contributed by atoms with Gasteiger partial charge in [0.2, 0.25) is 0 Å². The first kappa shape index (κ1) is 14.0. The number of hydrogen-bond donors (Lipinski definition) is 0. The number of thiazole rings is 1. The zero-order chi connectivity index (χ0) is 14.9. The summed E-state index contributed by atoms with van der Waals surface area (Å²) >= 11 is 1.73. The number of aromatic nitrogens is 1. The summed E-state index contributed by atoms with van der Waals surface area (Å²) in [7, 11) is 0. The fourth-order valence-corrected chi connectivity index (χ4v) is 4.11. The lowest BCUT2D eigenvalue weighted by Crippen LogP contribution is -2.51. The number of carbonyl (C=O) groups is 1. The lowest BCUT2D eigenvalue weighted by molar-refractivity contribution is -0.141. The van der Waals surface area contributed by atoms with Crippen molar-refractivity contribution in [1.82, 2.24) is 9.88 Å². The minimum absolute atomic E-state index is 0.168. The maximum atomic E-state index is 12.4. The molecule has 1 atom stereocenters. The molecule has 1 unspecified atom stereocenters. The Hall–Kier alpha value is -1.66. The van der Waals surface area contributed by atoms with Crippen LogP contribution in [0.4, 0.5) is 5.13 Å². The number of anilines is 1. The molecule has 0 spiro atoms. The Kier molecular flexibility index (Phi) is 3.72. The molecule has 0 aliphatic carbocycles. The van der Waals surface area contributed by atoms with Gasteiger partial charge in [0.05, 0.1) is 10.2 Å². The molecule has 1 aromatic carbocycles. The Labute approximate surface area is 133 Å². The van der Waals surface area contributed by atoms with Crippen molar-refractivity contribution in [2.24, 2.45) is 0 Å². The van der Waals surface area contributed by atoms with Gasteiger partial charge in [-0.25, -0.2) is 4.98 Å². The van der Waals surface area contributed by atoms with E-state index in [9.17, 15) is 4.79 Å². The molecular weight excluding hydrogens is 298 g/mol. The minimum Gasteiger partial charge on any atom is -0.368 e. The fourth-order valence-electron chi connectivity index (χ4n) is 3.09. The molecule has 22 heavy (non-hydrogen) atoms. The lowest BCUT2D eigenvalue weighted by Gasteiger charge is -2.35. The van der Waals surface area contributed by atoms with Crippen molar-refractivity contribution in [3.8, 4) is 0 Å². The predicted molar refractivity (Wildman–Crippen MR) is 87.4 cm³/mol. The highest BCUT2D eigenvalue weighted by molar-refractivity contribution is 7.22. The van der Waals surface area contributed by atoms with Gasteiger partial charge in [0.15, 0.2) is 5.13 Å². The molecular formula is C16H19N3O2S. The van der Waals surface area contributed by atoms with E-state index in [2.05, 4.69) is 11.0 Å². The van der Waals surface area contributed by atoms with Crippen LogP contribution in [0.1, 0.15) is 12.8 Å². The van der Waals surface area contributed by atoms with Crippen LogP contribution in [-0.4, -0.2) is 54.7 Å². The van der Waals surface area contributed by atoms with Crippen LogP contribution < -0.4 is 4.90 Å². The van der Waals surface area contributed by atoms with Crippen molar-refractivity contribution in [3.63, 3.8) is 0 Å². The molecule has 1 aromatic heterocycles. The van der Waals surface area contributed by atoms with E-state index in [-0.39, 0.29) is 12.0 Å². The van der Waals surface area contributed by atoms with Gasteiger partial charge in [0.1, 0.15) is 6.10 Å². The van der Waals surface area contributed by atoms with E-state index < -0.39 is 0 Å². The molecule has 116 valence electrons. The van der Waals surface area contributed by atoms with Gasteiger partial charge in [-0.2, -0.15) is 0 Å². The first-order valence-corrected chi connectivity index (χ1v) is 8.64. The maximum absolute atomic E-state index is 12.4. The van der Waals surface area contributed by atoms with Crippen LogP contribution >= 0.6 is 11.3 Å². The number of piperazine rings is 1. The van der Waals surface area contributed by atoms with Crippen molar-refractivity contribution in [1.29, 1.82) is 0 Å². The van der Waals surface area contributed by atoms with Crippen molar-refractivity contribution in [3.05, 3.63) is 24.3 Å². The van der Waals surface area contributed by atoms with Crippen molar-refractivity contribution in [2.45, 2.75) is 18.9 Å². The molecule has 2 aliphatic heterocycles. The van der Waals surface area contributed by atoms with Crippen LogP contribution in [0.5, 0.6) is 0 Å². The topological polar surface area (TPSA) is 45.7 Å². The van der Waals surface area contributed by atoms with E-state index in [1.807, 2.05) is 23.1 Å². The summed E-state index contributed by atoms with van der Waals surface area (Å²) in [4.78, 5) is 21.3. The summed E-state index contributed by atoms with van der Waals surface area (Å²) in [6.45, 7) is 3.93. The summed E-state index contributed by atoms with van der Waals surface area (Å²) in [5.41, 5.74) is 1.06. The molecule has 2 aliphatic rings. The smallest absolute Gasteiger partial charge is 0.251 e. The molecule has 1 amide bonds. The van der Waals surface area contributed by atoms with E-state index in [4.69, 9.17) is 9.72 Å². The molecule has 0 radical (unpaired) electrons. The standard InChI is InChI=1S/C16H19N3O2S/c20-15(13-5-3-11-21-13)18-7-9-19(10-8-18)16-17-12-4-1-2-6-14(12)22-16/h1-2,4,6,13H,3,5,7-11H2. The highest BCUT2D eigenvalue weighted by Crippen LogP contribution is 2.29. The number of benzene rings is 1. The van der Waals surface area contributed by atoms with Gasteiger partial charge in [-0.3, -0.25) is 4.79 Å². The summed E-state index contributed by atoms with van der Waals surface area (Å²) in [5.74, 6) is 0.168. The Morgan fingerprint density at radius 1 is 1.23 bits per heavy atom. The van der Waals surface area contributed by atoms with E-state index in [1.54, 1.807) is 11.3 Å². The fraction of sp³-hybridized carbons (Fsp3) is 0.500. The largest absolute Gasteiger partial charge is 0.368 e. The highest BCUT2D eigenvalue weighted by atomic mass is 32.1. The van der Waals surface area contributed by atoms with E-state index in [1.165, 1.54) is 4.70 Å². The lowest BCUT2D eigenvalue weighted by atomic mass is 10.2. The number of hydrogen-bond acceptors (Lipinski definition) is 5. The zero-order valence-corrected chi connectivity index (χ0v) is 13.2. The second kappa shape index (κ2) is 5.85. The number of ether oxygens (including phenoxy) is 1. The van der Waals surface area contributed by atoms with Crippen LogP contribution in [-0.2, 0) is 9.53 Å². The van der Waals surface area contributed by atoms with Gasteiger partial charge < -0.3 is 14.5 Å². The molecule has 4 rings (SSSR count). The van der Waals surface area contributed by atoms with Crippen LogP contribution in [0.15, 0.2) is 24.3 Å². The minimum atomic E-state index is -0.200. The number of nitrogens with zero attached hydrogens (tertiary/aromatic N) is 3. The highest BCUT2D eigenvalue weighted by Gasteiger charge is 2.30. The second-order valence-electron chi connectivity index (χ2n) is 5.78. The Morgan fingerprint density at radius 3 is 2.77 bits per heavy atom. The van der Waals surface area contributed by atoms with E-state index in [0.29, 0.717) is 0 Å². The number of carbonyl (C=O) groups excluding carboxylic acids is 1. The van der Waals surface area contributed by atoms with E-state index >= 15 is 0 Å². The van der Waals surface area contributed by atoms with E-state index in [0.717, 1.165) is 56.3 Å². The molecule has 2 aromatic rings. The van der Waals surface area contributed by atoms with Crippen LogP contribution in [0.2, 0.25) is 0 Å². The quantitative estimate of drug-likeness (QED) is 0.851. The number of rotatable bonds is 2. The first-order valence-electron chi connectivity index (χ1n) is 7.82. The Bertz CT molecular complexity index is 640. The van der Waals surface area contributed by atoms with Crippen LogP contribution in [0.3, 0.4) is 0 Å². The summed E-state index contributed by atoms with van der Waals surface area (Å²) in [6, 6.07) is 8.22. The Balaban J connectivity index is 1.41. The van der Waals surface area contributed by atoms with Crippen molar-refractivity contribution in [2.75, 3.05) is 37.7 Å². The number of para-hydroxylation sites is 1. The molecule has 6 heteroatoms. The molecule has 3 heterocycles. The maximum Gasteiger partial charge on any atom is 0.251 e. The average molecular weight is 317 g/mol. The first-order chi connectivity index (χ1) is 10.8. The number of amides is 1. The summed E-state index contributed by atoms with van der Waals surface area (Å²) in [5, 5.41) is 1.06. The van der Waals surface area contributed by atoms with Gasteiger partial charge in [0.25, 0.3) is 5.91 Å². The third kappa shape index (κ3) is 2.57. The Morgan fingerprint density at radius 2 is 2.05 bits per heavy atom. The van der Waals surface area contributed by atoms with Gasteiger partial charge >= 0.3 is 0 Å². The van der Waals surface area contributed by atoms with Crippen molar-refractivity contribution >= 4 is 32.6 Å². The van der Waals surface area contributed by atoms with Gasteiger partial charge in [-0.1, -0.05) is 23.5 Å². The molecule has 0 bridgehead atoms. The predicted octanol–water partition coefficient (Wildman–Crippen LogP) is 2.12. The van der Waals surface area contributed by atoms with Crippen LogP contribution in [0.25, 0.3) is 10.2 Å². The summed E-state index contributed by atoms with van der Waals surface area (Å²) in [6.07, 6.45) is 1.67. The normalized spacial score (nSPS) is 22.5. The molecule has 0 saturated carbocycles. The molecule has 2 saturated heterocycles. The van der Waals surface area contributed by atoms with Gasteiger partial charge in [-0.05, 0) is 25.0 Å². The molecule has 0 N–H and O–H groups in total. The zero-order valence-electron chi connectivity index (χ0n) is 12.4. The third-order valence-electron chi connectivity index (χ3n) is 4.35. The van der Waals surface area contributed by atoms with Gasteiger partial charge in [0, 0.05) is 32.8 Å². The monoisotopic (exact) mass is 317 g/mol. The average Bonchev–Trinajstić information content (AvgIpc) is 3.23. The van der Waals surface area contributed by atoms with Crippen LogP contribution in [0, 0.1) is 0 Å². The second-order valence-corrected chi connectivity index (χ2v) is 6.79.